The van der Waals surface area contributed by atoms with Crippen molar-refractivity contribution in [3.8, 4) is 0 Å². The Labute approximate surface area is 175 Å². The second-order valence-corrected chi connectivity index (χ2v) is 9.62. The Morgan fingerprint density at radius 1 is 0.833 bits per heavy atom. The van der Waals surface area contributed by atoms with Crippen LogP contribution in [0.4, 0.5) is 5.69 Å². The van der Waals surface area contributed by atoms with Crippen molar-refractivity contribution in [2.75, 3.05) is 4.72 Å². The zero-order chi connectivity index (χ0) is 21.5. The number of sulfonamides is 1. The molecule has 1 heterocycles. The van der Waals surface area contributed by atoms with Gasteiger partial charge in [0.2, 0.25) is 0 Å². The van der Waals surface area contributed by atoms with Crippen LogP contribution in [0.3, 0.4) is 0 Å². The van der Waals surface area contributed by atoms with E-state index in [9.17, 15) is 18.0 Å². The van der Waals surface area contributed by atoms with Gasteiger partial charge in [0.25, 0.3) is 10.0 Å². The highest BCUT2D eigenvalue weighted by Crippen LogP contribution is 2.33. The van der Waals surface area contributed by atoms with E-state index in [1.165, 1.54) is 48.1 Å². The molecule has 0 bridgehead atoms. The lowest BCUT2D eigenvalue weighted by molar-refractivity contribution is 0.443. The molecule has 0 aliphatic heterocycles. The first-order valence-electron chi connectivity index (χ1n) is 10.1. The molecule has 1 saturated carbocycles. The summed E-state index contributed by atoms with van der Waals surface area (Å²) in [6.07, 6.45) is 6.04. The Kier molecular flexibility index (Phi) is 5.27. The van der Waals surface area contributed by atoms with Crippen molar-refractivity contribution in [1.29, 1.82) is 0 Å². The predicted octanol–water partition coefficient (Wildman–Crippen LogP) is 3.09. The van der Waals surface area contributed by atoms with E-state index in [0.717, 1.165) is 12.8 Å². The van der Waals surface area contributed by atoms with Gasteiger partial charge in [-0.15, -0.1) is 0 Å². The number of nitrogens with one attached hydrogen (secondary N) is 1. The summed E-state index contributed by atoms with van der Waals surface area (Å²) >= 11 is 0. The van der Waals surface area contributed by atoms with Crippen LogP contribution in [-0.2, 0) is 24.1 Å². The topological polar surface area (TPSA) is 90.2 Å². The molecule has 0 saturated heterocycles. The summed E-state index contributed by atoms with van der Waals surface area (Å²) in [6.45, 7) is 0. The molecule has 1 N–H and O–H groups in total. The smallest absolute Gasteiger partial charge is 0.305 e. The van der Waals surface area contributed by atoms with E-state index in [-0.39, 0.29) is 4.90 Å². The monoisotopic (exact) mass is 427 g/mol. The number of benzene rings is 2. The molecule has 2 aromatic carbocycles. The Bertz CT molecular complexity index is 1320. The lowest BCUT2D eigenvalue weighted by Gasteiger charge is -2.22. The van der Waals surface area contributed by atoms with Crippen LogP contribution in [-0.4, -0.2) is 17.6 Å². The Hall–Kier alpha value is -2.87. The van der Waals surface area contributed by atoms with Crippen LogP contribution >= 0.6 is 0 Å². The van der Waals surface area contributed by atoms with Gasteiger partial charge < -0.3 is 9.13 Å². The molecule has 1 aliphatic rings. The standard InChI is InChI=1S/C22H25N3O4S/c1-24-19-13-10-17(14-20(19)25(2)22(27)21(24)26)23-30(28,29)18-11-8-16(9-12-18)15-6-4-3-5-7-15/h8-15,23H,3-7H2,1-2H3. The Morgan fingerprint density at radius 3 is 2.07 bits per heavy atom. The van der Waals surface area contributed by atoms with Crippen LogP contribution in [0, 0.1) is 0 Å². The van der Waals surface area contributed by atoms with Crippen molar-refractivity contribution < 1.29 is 8.42 Å². The molecule has 158 valence electrons. The van der Waals surface area contributed by atoms with Crippen LogP contribution < -0.4 is 15.8 Å². The molecule has 0 atom stereocenters. The highest BCUT2D eigenvalue weighted by molar-refractivity contribution is 7.92. The van der Waals surface area contributed by atoms with Crippen molar-refractivity contribution in [2.24, 2.45) is 14.1 Å². The van der Waals surface area contributed by atoms with E-state index >= 15 is 0 Å². The number of anilines is 1. The lowest BCUT2D eigenvalue weighted by Crippen LogP contribution is -2.39. The summed E-state index contributed by atoms with van der Waals surface area (Å²) in [6, 6.07) is 11.9. The zero-order valence-electron chi connectivity index (χ0n) is 17.1. The largest absolute Gasteiger partial charge is 0.316 e. The van der Waals surface area contributed by atoms with Gasteiger partial charge in [0, 0.05) is 14.1 Å². The molecule has 0 unspecified atom stereocenters. The lowest BCUT2D eigenvalue weighted by atomic mass is 9.84. The van der Waals surface area contributed by atoms with E-state index in [0.29, 0.717) is 22.6 Å². The minimum atomic E-state index is -3.78. The summed E-state index contributed by atoms with van der Waals surface area (Å²) < 4.78 is 30.8. The molecule has 3 aromatic rings. The van der Waals surface area contributed by atoms with Gasteiger partial charge in [-0.05, 0) is 54.7 Å². The average molecular weight is 428 g/mol. The van der Waals surface area contributed by atoms with E-state index in [4.69, 9.17) is 0 Å². The second-order valence-electron chi connectivity index (χ2n) is 7.94. The normalized spacial score (nSPS) is 15.4. The minimum absolute atomic E-state index is 0.191. The predicted molar refractivity (Wildman–Crippen MR) is 118 cm³/mol. The maximum absolute atomic E-state index is 12.9. The number of hydrogen-bond donors (Lipinski definition) is 1. The van der Waals surface area contributed by atoms with Crippen molar-refractivity contribution in [3.05, 3.63) is 68.7 Å². The number of nitrogens with zero attached hydrogens (tertiary/aromatic N) is 2. The molecular formula is C22H25N3O4S. The molecular weight excluding hydrogens is 402 g/mol. The fourth-order valence-electron chi connectivity index (χ4n) is 4.21. The van der Waals surface area contributed by atoms with Gasteiger partial charge in [0.1, 0.15) is 0 Å². The summed E-state index contributed by atoms with van der Waals surface area (Å²) in [5, 5.41) is 0. The van der Waals surface area contributed by atoms with Gasteiger partial charge in [-0.2, -0.15) is 0 Å². The van der Waals surface area contributed by atoms with Gasteiger partial charge in [0.05, 0.1) is 21.6 Å². The molecule has 7 nitrogen and oxygen atoms in total. The number of aryl methyl sites for hydroxylation is 2. The van der Waals surface area contributed by atoms with Crippen LogP contribution in [0.2, 0.25) is 0 Å². The zero-order valence-corrected chi connectivity index (χ0v) is 17.9. The van der Waals surface area contributed by atoms with Gasteiger partial charge in [-0.3, -0.25) is 14.3 Å². The fraction of sp³-hybridized carbons (Fsp3) is 0.364. The maximum Gasteiger partial charge on any atom is 0.316 e. The number of fused-ring (bicyclic) bond motifs is 1. The maximum atomic E-state index is 12.9. The van der Waals surface area contributed by atoms with Crippen LogP contribution in [0.15, 0.2) is 56.9 Å². The molecule has 0 amide bonds. The van der Waals surface area contributed by atoms with Gasteiger partial charge in [-0.25, -0.2) is 8.42 Å². The summed E-state index contributed by atoms with van der Waals surface area (Å²) in [5.41, 5.74) is 1.24. The summed E-state index contributed by atoms with van der Waals surface area (Å²) in [5.74, 6) is 0.511. The average Bonchev–Trinajstić information content (AvgIpc) is 2.76. The van der Waals surface area contributed by atoms with Crippen LogP contribution in [0.1, 0.15) is 43.6 Å². The molecule has 1 aliphatic carbocycles. The van der Waals surface area contributed by atoms with E-state index in [1.807, 2.05) is 12.1 Å². The molecule has 0 spiro atoms. The van der Waals surface area contributed by atoms with E-state index in [2.05, 4.69) is 4.72 Å². The second kappa shape index (κ2) is 7.75. The van der Waals surface area contributed by atoms with Crippen molar-refractivity contribution >= 4 is 26.7 Å². The van der Waals surface area contributed by atoms with Gasteiger partial charge >= 0.3 is 11.1 Å². The Morgan fingerprint density at radius 2 is 1.43 bits per heavy atom. The molecule has 1 fully saturated rings. The minimum Gasteiger partial charge on any atom is -0.305 e. The first-order valence-corrected chi connectivity index (χ1v) is 11.6. The van der Waals surface area contributed by atoms with Crippen LogP contribution in [0.25, 0.3) is 11.0 Å². The van der Waals surface area contributed by atoms with Crippen molar-refractivity contribution in [1.82, 2.24) is 9.13 Å². The molecule has 30 heavy (non-hydrogen) atoms. The number of hydrogen-bond acceptors (Lipinski definition) is 4. The van der Waals surface area contributed by atoms with E-state index < -0.39 is 21.1 Å². The quantitative estimate of drug-likeness (QED) is 0.648. The third-order valence-electron chi connectivity index (χ3n) is 6.01. The third kappa shape index (κ3) is 3.67. The summed E-state index contributed by atoms with van der Waals surface area (Å²) in [7, 11) is -0.765. The molecule has 4 rings (SSSR count). The fourth-order valence-corrected chi connectivity index (χ4v) is 5.26. The molecule has 8 heteroatoms. The van der Waals surface area contributed by atoms with Crippen LogP contribution in [0.5, 0.6) is 0 Å². The third-order valence-corrected chi connectivity index (χ3v) is 7.41. The Balaban J connectivity index is 1.64. The molecule has 0 radical (unpaired) electrons. The van der Waals surface area contributed by atoms with Gasteiger partial charge in [0.15, 0.2) is 0 Å². The number of aromatic nitrogens is 2. The van der Waals surface area contributed by atoms with E-state index in [1.54, 1.807) is 30.3 Å². The summed E-state index contributed by atoms with van der Waals surface area (Å²) in [4.78, 5) is 24.2. The SMILES string of the molecule is Cn1c(=O)c(=O)n(C)c2cc(NS(=O)(=O)c3ccc(C4CCCCC4)cc3)ccc21. The first-order chi connectivity index (χ1) is 14.3. The number of rotatable bonds is 4. The van der Waals surface area contributed by atoms with Gasteiger partial charge in [-0.1, -0.05) is 31.4 Å². The highest BCUT2D eigenvalue weighted by Gasteiger charge is 2.19. The first kappa shape index (κ1) is 20.4. The van der Waals surface area contributed by atoms with Crippen molar-refractivity contribution in [2.45, 2.75) is 42.9 Å². The molecule has 1 aromatic heterocycles. The highest BCUT2D eigenvalue weighted by atomic mass is 32.2. The van der Waals surface area contributed by atoms with Crippen molar-refractivity contribution in [3.63, 3.8) is 0 Å².